The van der Waals surface area contributed by atoms with Crippen LogP contribution in [-0.2, 0) is 0 Å². The van der Waals surface area contributed by atoms with Crippen LogP contribution in [0, 0.1) is 0 Å². The number of nitrogens with two attached hydrogens (primary N) is 1. The second kappa shape index (κ2) is 4.46. The summed E-state index contributed by atoms with van der Waals surface area (Å²) in [6.45, 7) is 0. The Morgan fingerprint density at radius 3 is 2.67 bits per heavy atom. The van der Waals surface area contributed by atoms with Crippen LogP contribution in [0.2, 0.25) is 0 Å². The molecule has 2 aromatic heterocycles. The highest BCUT2D eigenvalue weighted by Crippen LogP contribution is 2.21. The summed E-state index contributed by atoms with van der Waals surface area (Å²) in [6, 6.07) is 13.0. The van der Waals surface area contributed by atoms with Gasteiger partial charge in [0.15, 0.2) is 0 Å². The maximum atomic E-state index is 6.15. The van der Waals surface area contributed by atoms with Gasteiger partial charge in [0.25, 0.3) is 0 Å². The molecule has 3 aromatic rings. The predicted octanol–water partition coefficient (Wildman–Crippen LogP) is 1.91. The summed E-state index contributed by atoms with van der Waals surface area (Å²) in [5.74, 6) is 0.689. The van der Waals surface area contributed by atoms with Gasteiger partial charge in [0.2, 0.25) is 0 Å². The van der Waals surface area contributed by atoms with Gasteiger partial charge in [-0.3, -0.25) is 0 Å². The van der Waals surface area contributed by atoms with Crippen molar-refractivity contribution in [1.82, 2.24) is 15.0 Å². The third-order valence-electron chi connectivity index (χ3n) is 2.74. The van der Waals surface area contributed by atoms with Gasteiger partial charge in [0, 0.05) is 0 Å². The van der Waals surface area contributed by atoms with Crippen molar-refractivity contribution in [2.45, 2.75) is 6.04 Å². The molecule has 1 atom stereocenters. The number of hydrogen-bond acceptors (Lipinski definition) is 4. The second-order valence-electron chi connectivity index (χ2n) is 3.90. The molecular weight excluding hydrogens is 228 g/mol. The number of para-hydroxylation sites is 1. The van der Waals surface area contributed by atoms with Gasteiger partial charge in [0.1, 0.15) is 11.8 Å². The fourth-order valence-corrected chi connectivity index (χ4v) is 1.84. The van der Waals surface area contributed by atoms with Gasteiger partial charge in [-0.25, -0.2) is 4.68 Å². The van der Waals surface area contributed by atoms with Gasteiger partial charge < -0.3 is 10.2 Å². The molecule has 1 unspecified atom stereocenters. The fourth-order valence-electron chi connectivity index (χ4n) is 1.84. The van der Waals surface area contributed by atoms with E-state index in [1.807, 2.05) is 42.5 Å². The Bertz CT molecular complexity index is 616. The monoisotopic (exact) mass is 240 g/mol. The number of benzene rings is 1. The first-order valence-corrected chi connectivity index (χ1v) is 5.61. The average Bonchev–Trinajstić information content (AvgIpc) is 3.10. The van der Waals surface area contributed by atoms with Gasteiger partial charge in [-0.15, -0.1) is 5.10 Å². The third kappa shape index (κ3) is 1.80. The van der Waals surface area contributed by atoms with Crippen molar-refractivity contribution in [2.24, 2.45) is 5.73 Å². The van der Waals surface area contributed by atoms with E-state index in [4.69, 9.17) is 10.2 Å². The number of nitrogens with zero attached hydrogens (tertiary/aromatic N) is 3. The lowest BCUT2D eigenvalue weighted by molar-refractivity contribution is 0.482. The molecule has 1 aromatic carbocycles. The highest BCUT2D eigenvalue weighted by atomic mass is 16.3. The SMILES string of the molecule is NC(c1ccco1)c1cnnn1-c1ccccc1. The molecule has 18 heavy (non-hydrogen) atoms. The highest BCUT2D eigenvalue weighted by molar-refractivity contribution is 5.33. The van der Waals surface area contributed by atoms with Crippen molar-refractivity contribution < 1.29 is 4.42 Å². The number of rotatable bonds is 3. The lowest BCUT2D eigenvalue weighted by Crippen LogP contribution is -2.16. The van der Waals surface area contributed by atoms with Crippen LogP contribution in [0.25, 0.3) is 5.69 Å². The van der Waals surface area contributed by atoms with Crippen molar-refractivity contribution >= 4 is 0 Å². The van der Waals surface area contributed by atoms with E-state index in [9.17, 15) is 0 Å². The van der Waals surface area contributed by atoms with E-state index >= 15 is 0 Å². The van der Waals surface area contributed by atoms with E-state index in [1.54, 1.807) is 17.1 Å². The minimum Gasteiger partial charge on any atom is -0.467 e. The first kappa shape index (κ1) is 10.7. The lowest BCUT2D eigenvalue weighted by Gasteiger charge is -2.10. The smallest absolute Gasteiger partial charge is 0.126 e. The second-order valence-corrected chi connectivity index (χ2v) is 3.90. The molecular formula is C13H12N4O. The molecule has 0 saturated heterocycles. The molecule has 0 aliphatic rings. The molecule has 0 aliphatic carbocycles. The van der Waals surface area contributed by atoms with E-state index in [-0.39, 0.29) is 6.04 Å². The fraction of sp³-hybridized carbons (Fsp3) is 0.0769. The van der Waals surface area contributed by atoms with Crippen LogP contribution in [0.5, 0.6) is 0 Å². The quantitative estimate of drug-likeness (QED) is 0.759. The molecule has 0 amide bonds. The normalized spacial score (nSPS) is 12.5. The van der Waals surface area contributed by atoms with Crippen LogP contribution in [0.1, 0.15) is 17.5 Å². The van der Waals surface area contributed by atoms with Crippen LogP contribution in [-0.4, -0.2) is 15.0 Å². The van der Waals surface area contributed by atoms with Crippen LogP contribution in [0.15, 0.2) is 59.3 Å². The third-order valence-corrected chi connectivity index (χ3v) is 2.74. The molecule has 2 heterocycles. The van der Waals surface area contributed by atoms with Gasteiger partial charge >= 0.3 is 0 Å². The van der Waals surface area contributed by atoms with Crippen molar-refractivity contribution in [3.8, 4) is 5.69 Å². The molecule has 0 saturated carbocycles. The zero-order valence-corrected chi connectivity index (χ0v) is 9.60. The standard InChI is InChI=1S/C13H12N4O/c14-13(12-7-4-8-18-12)11-9-15-16-17(11)10-5-2-1-3-6-10/h1-9,13H,14H2. The van der Waals surface area contributed by atoms with E-state index in [1.165, 1.54) is 0 Å². The first-order chi connectivity index (χ1) is 8.86. The number of aromatic nitrogens is 3. The summed E-state index contributed by atoms with van der Waals surface area (Å²) in [4.78, 5) is 0. The molecule has 5 heteroatoms. The minimum absolute atomic E-state index is 0.379. The van der Waals surface area contributed by atoms with Crippen LogP contribution < -0.4 is 5.73 Å². The zero-order valence-electron chi connectivity index (χ0n) is 9.60. The molecule has 0 bridgehead atoms. The van der Waals surface area contributed by atoms with Gasteiger partial charge in [0.05, 0.1) is 23.8 Å². The van der Waals surface area contributed by atoms with Crippen LogP contribution >= 0.6 is 0 Å². The molecule has 5 nitrogen and oxygen atoms in total. The van der Waals surface area contributed by atoms with Gasteiger partial charge in [-0.1, -0.05) is 23.4 Å². The molecule has 2 N–H and O–H groups in total. The largest absolute Gasteiger partial charge is 0.467 e. The Morgan fingerprint density at radius 1 is 1.11 bits per heavy atom. The van der Waals surface area contributed by atoms with E-state index in [2.05, 4.69) is 10.3 Å². The summed E-state index contributed by atoms with van der Waals surface area (Å²) in [5, 5.41) is 7.98. The average molecular weight is 240 g/mol. The maximum absolute atomic E-state index is 6.15. The Balaban J connectivity index is 2.02. The predicted molar refractivity (Wildman–Crippen MR) is 66.1 cm³/mol. The summed E-state index contributed by atoms with van der Waals surface area (Å²) in [5.41, 5.74) is 7.86. The molecule has 90 valence electrons. The van der Waals surface area contributed by atoms with Gasteiger partial charge in [-0.05, 0) is 24.3 Å². The van der Waals surface area contributed by atoms with Crippen molar-refractivity contribution in [2.75, 3.05) is 0 Å². The zero-order chi connectivity index (χ0) is 12.4. The van der Waals surface area contributed by atoms with Crippen molar-refractivity contribution in [3.63, 3.8) is 0 Å². The van der Waals surface area contributed by atoms with Crippen LogP contribution in [0.3, 0.4) is 0 Å². The first-order valence-electron chi connectivity index (χ1n) is 5.61. The molecule has 0 spiro atoms. The lowest BCUT2D eigenvalue weighted by atomic mass is 10.2. The topological polar surface area (TPSA) is 69.9 Å². The van der Waals surface area contributed by atoms with Crippen LogP contribution in [0.4, 0.5) is 0 Å². The Labute approximate surface area is 104 Å². The highest BCUT2D eigenvalue weighted by Gasteiger charge is 2.17. The molecule has 0 fully saturated rings. The Hall–Kier alpha value is -2.40. The van der Waals surface area contributed by atoms with Crippen molar-refractivity contribution in [3.05, 3.63) is 66.4 Å². The van der Waals surface area contributed by atoms with Gasteiger partial charge in [-0.2, -0.15) is 0 Å². The van der Waals surface area contributed by atoms with Crippen molar-refractivity contribution in [1.29, 1.82) is 0 Å². The number of furan rings is 1. The Morgan fingerprint density at radius 2 is 1.94 bits per heavy atom. The molecule has 3 rings (SSSR count). The van der Waals surface area contributed by atoms with E-state index < -0.39 is 0 Å². The Kier molecular flexibility index (Phi) is 2.66. The van der Waals surface area contributed by atoms with E-state index in [0.29, 0.717) is 5.76 Å². The maximum Gasteiger partial charge on any atom is 0.126 e. The number of hydrogen-bond donors (Lipinski definition) is 1. The van der Waals surface area contributed by atoms with E-state index in [0.717, 1.165) is 11.4 Å². The molecule has 0 aliphatic heterocycles. The summed E-state index contributed by atoms with van der Waals surface area (Å²) < 4.78 is 7.03. The summed E-state index contributed by atoms with van der Waals surface area (Å²) in [6.07, 6.45) is 3.26. The molecule has 0 radical (unpaired) electrons. The summed E-state index contributed by atoms with van der Waals surface area (Å²) in [7, 11) is 0. The minimum atomic E-state index is -0.379. The summed E-state index contributed by atoms with van der Waals surface area (Å²) >= 11 is 0.